The number of carbonyl (C=O) groups is 3. The van der Waals surface area contributed by atoms with Gasteiger partial charge in [0.2, 0.25) is 0 Å². The third kappa shape index (κ3) is 38.3. The van der Waals surface area contributed by atoms with Gasteiger partial charge in [0.15, 0.2) is 6.10 Å². The van der Waals surface area contributed by atoms with E-state index in [1.165, 1.54) is 70.6 Å². The smallest absolute Gasteiger partial charge is 0.306 e. The van der Waals surface area contributed by atoms with E-state index in [0.717, 1.165) is 77.0 Å². The molecule has 57 heavy (non-hydrogen) atoms. The highest BCUT2D eigenvalue weighted by Gasteiger charge is 2.25. The Balaban J connectivity index is 4.24. The van der Waals surface area contributed by atoms with Crippen molar-refractivity contribution < 1.29 is 38.2 Å². The molecule has 0 amide bonds. The Morgan fingerprint density at radius 1 is 0.544 bits per heavy atom. The zero-order chi connectivity index (χ0) is 42.1. The summed E-state index contributed by atoms with van der Waals surface area (Å²) in [5, 5.41) is 11.6. The normalized spacial score (nSPS) is 13.5. The van der Waals surface area contributed by atoms with E-state index >= 15 is 0 Å². The number of unbranched alkanes of at least 4 members (excludes halogenated alkanes) is 16. The summed E-state index contributed by atoms with van der Waals surface area (Å²) in [4.78, 5) is 36.8. The van der Waals surface area contributed by atoms with E-state index in [1.807, 2.05) is 0 Å². The molecule has 2 atom stereocenters. The maximum absolute atomic E-state index is 12.7. The lowest BCUT2D eigenvalue weighted by Crippen LogP contribution is -2.55. The first kappa shape index (κ1) is 54.0. The van der Waals surface area contributed by atoms with Crippen LogP contribution in [0.4, 0.5) is 0 Å². The van der Waals surface area contributed by atoms with Crippen LogP contribution in [0, 0.1) is 0 Å². The fourth-order valence-electron chi connectivity index (χ4n) is 6.39. The van der Waals surface area contributed by atoms with Gasteiger partial charge in [-0.3, -0.25) is 9.59 Å². The van der Waals surface area contributed by atoms with Gasteiger partial charge in [-0.25, -0.2) is 0 Å². The molecule has 0 aliphatic carbocycles. The lowest BCUT2D eigenvalue weighted by atomic mass is 10.1. The van der Waals surface area contributed by atoms with Gasteiger partial charge in [0.05, 0.1) is 40.3 Å². The van der Waals surface area contributed by atoms with Crippen LogP contribution < -0.4 is 5.11 Å². The molecule has 8 heteroatoms. The molecular weight excluding hydrogens is 715 g/mol. The zero-order valence-corrected chi connectivity index (χ0v) is 37.2. The van der Waals surface area contributed by atoms with Crippen LogP contribution in [0.1, 0.15) is 181 Å². The van der Waals surface area contributed by atoms with Crippen molar-refractivity contribution in [3.8, 4) is 0 Å². The Morgan fingerprint density at radius 3 is 1.46 bits per heavy atom. The summed E-state index contributed by atoms with van der Waals surface area (Å²) in [6, 6.07) is -0.727. The van der Waals surface area contributed by atoms with Gasteiger partial charge in [-0.1, -0.05) is 164 Å². The Morgan fingerprint density at radius 2 is 0.982 bits per heavy atom. The molecule has 8 nitrogen and oxygen atoms in total. The largest absolute Gasteiger partial charge is 0.544 e. The van der Waals surface area contributed by atoms with E-state index in [0.29, 0.717) is 12.8 Å². The highest BCUT2D eigenvalue weighted by molar-refractivity contribution is 5.70. The molecule has 0 heterocycles. The minimum atomic E-state index is -1.13. The summed E-state index contributed by atoms with van der Waals surface area (Å²) in [6.45, 7) is 4.52. The van der Waals surface area contributed by atoms with Crippen LogP contribution in [0.25, 0.3) is 0 Å². The molecule has 0 saturated heterocycles. The minimum Gasteiger partial charge on any atom is -0.544 e. The molecule has 0 spiro atoms. The first-order chi connectivity index (χ1) is 27.6. The number of esters is 2. The Kier molecular flexibility index (Phi) is 37.8. The van der Waals surface area contributed by atoms with E-state index in [2.05, 4.69) is 74.6 Å². The SMILES string of the molecule is CC/C=C/C/C=C/C/C=C/C/C=C/C/C=C/CCCCCCCCCC(=O)OCC(COCCC(C(=O)[O-])[N+](C)(C)C)OC(=O)CCCCCCCCCCCC. The molecule has 0 aromatic heterocycles. The molecular formula is C49H85NO7. The van der Waals surface area contributed by atoms with E-state index in [9.17, 15) is 19.5 Å². The van der Waals surface area contributed by atoms with E-state index in [-0.39, 0.29) is 42.7 Å². The van der Waals surface area contributed by atoms with Crippen molar-refractivity contribution in [3.05, 3.63) is 60.8 Å². The number of aliphatic carboxylic acids is 1. The van der Waals surface area contributed by atoms with Gasteiger partial charge >= 0.3 is 11.9 Å². The zero-order valence-electron chi connectivity index (χ0n) is 37.2. The van der Waals surface area contributed by atoms with Gasteiger partial charge in [-0.2, -0.15) is 0 Å². The van der Waals surface area contributed by atoms with Crippen molar-refractivity contribution >= 4 is 17.9 Å². The summed E-state index contributed by atoms with van der Waals surface area (Å²) in [5.74, 6) is -1.75. The van der Waals surface area contributed by atoms with Crippen LogP contribution in [-0.4, -0.2) is 75.5 Å². The lowest BCUT2D eigenvalue weighted by molar-refractivity contribution is -0.889. The molecule has 0 aromatic carbocycles. The second kappa shape index (κ2) is 39.8. The van der Waals surface area contributed by atoms with Gasteiger partial charge in [0.25, 0.3) is 0 Å². The van der Waals surface area contributed by atoms with E-state index in [4.69, 9.17) is 14.2 Å². The van der Waals surface area contributed by atoms with Crippen molar-refractivity contribution in [2.24, 2.45) is 0 Å². The van der Waals surface area contributed by atoms with Crippen molar-refractivity contribution in [1.29, 1.82) is 0 Å². The molecule has 0 N–H and O–H groups in total. The standard InChI is InChI=1S/C49H85NO7/c1-6-8-10-12-14-16-18-19-20-21-22-23-24-25-26-27-28-29-30-32-33-35-37-39-47(51)56-44-45(43-55-42-41-46(49(53)54)50(3,4)5)57-48(52)40-38-36-34-31-17-15-13-11-9-7-2/h8,10,14,16,19-20,22-23,25-26,45-46H,6-7,9,11-13,15,17-18,21,24,27-44H2,1-5H3/b10-8+,16-14+,20-19+,23-22+,26-25+. The molecule has 0 fully saturated rings. The average Bonchev–Trinajstić information content (AvgIpc) is 3.17. The number of rotatable bonds is 40. The van der Waals surface area contributed by atoms with Crippen molar-refractivity contribution in [3.63, 3.8) is 0 Å². The fraction of sp³-hybridized carbons (Fsp3) is 0.735. The van der Waals surface area contributed by atoms with Gasteiger partial charge in [-0.05, 0) is 57.8 Å². The average molecular weight is 800 g/mol. The molecule has 2 unspecified atom stereocenters. The number of quaternary nitrogens is 1. The van der Waals surface area contributed by atoms with Gasteiger partial charge in [0.1, 0.15) is 12.6 Å². The van der Waals surface area contributed by atoms with E-state index < -0.39 is 18.1 Å². The molecule has 0 aliphatic rings. The predicted octanol–water partition coefficient (Wildman–Crippen LogP) is 11.2. The van der Waals surface area contributed by atoms with Crippen LogP contribution in [0.15, 0.2) is 60.8 Å². The molecule has 0 rings (SSSR count). The van der Waals surface area contributed by atoms with Crippen LogP contribution in [0.5, 0.6) is 0 Å². The van der Waals surface area contributed by atoms with E-state index in [1.54, 1.807) is 21.1 Å². The van der Waals surface area contributed by atoms with Gasteiger partial charge < -0.3 is 28.6 Å². The predicted molar refractivity (Wildman–Crippen MR) is 236 cm³/mol. The number of hydrogen-bond acceptors (Lipinski definition) is 7. The molecule has 0 saturated carbocycles. The maximum Gasteiger partial charge on any atom is 0.306 e. The first-order valence-electron chi connectivity index (χ1n) is 22.8. The van der Waals surface area contributed by atoms with Gasteiger partial charge in [0, 0.05) is 19.3 Å². The summed E-state index contributed by atoms with van der Waals surface area (Å²) < 4.78 is 17.1. The molecule has 328 valence electrons. The number of carboxylic acid groups (broad SMARTS) is 1. The quantitative estimate of drug-likeness (QED) is 0.0263. The number of allylic oxidation sites excluding steroid dienone is 10. The Bertz CT molecular complexity index is 1120. The van der Waals surface area contributed by atoms with Crippen LogP contribution >= 0.6 is 0 Å². The number of nitrogens with zero attached hydrogens (tertiary/aromatic N) is 1. The third-order valence-electron chi connectivity index (χ3n) is 9.92. The number of carbonyl (C=O) groups excluding carboxylic acids is 3. The summed E-state index contributed by atoms with van der Waals surface area (Å²) in [6.07, 6.45) is 48.2. The van der Waals surface area contributed by atoms with Crippen molar-refractivity contribution in [1.82, 2.24) is 0 Å². The number of likely N-dealkylation sites (N-methyl/N-ethyl adjacent to an activating group) is 1. The molecule has 0 aliphatic heterocycles. The van der Waals surface area contributed by atoms with Crippen LogP contribution in [-0.2, 0) is 28.6 Å². The second-order valence-corrected chi connectivity index (χ2v) is 16.3. The highest BCUT2D eigenvalue weighted by atomic mass is 16.6. The lowest BCUT2D eigenvalue weighted by Gasteiger charge is -2.34. The van der Waals surface area contributed by atoms with Gasteiger partial charge in [-0.15, -0.1) is 0 Å². The topological polar surface area (TPSA) is 102 Å². The summed E-state index contributed by atoms with van der Waals surface area (Å²) in [5.41, 5.74) is 0. The number of ether oxygens (including phenoxy) is 3. The van der Waals surface area contributed by atoms with Crippen LogP contribution in [0.2, 0.25) is 0 Å². The molecule has 0 radical (unpaired) electrons. The molecule has 0 aromatic rings. The summed E-state index contributed by atoms with van der Waals surface area (Å²) in [7, 11) is 5.40. The number of hydrogen-bond donors (Lipinski definition) is 0. The minimum absolute atomic E-state index is 0.0367. The summed E-state index contributed by atoms with van der Waals surface area (Å²) >= 11 is 0. The molecule has 0 bridgehead atoms. The highest BCUT2D eigenvalue weighted by Crippen LogP contribution is 2.14. The first-order valence-corrected chi connectivity index (χ1v) is 22.8. The maximum atomic E-state index is 12.7. The Hall–Kier alpha value is -2.97. The third-order valence-corrected chi connectivity index (χ3v) is 9.92. The van der Waals surface area contributed by atoms with Crippen molar-refractivity contribution in [2.45, 2.75) is 193 Å². The Labute approximate surface area is 349 Å². The second-order valence-electron chi connectivity index (χ2n) is 16.3. The number of carboxylic acids is 1. The van der Waals surface area contributed by atoms with Crippen LogP contribution in [0.3, 0.4) is 0 Å². The van der Waals surface area contributed by atoms with Crippen molar-refractivity contribution in [2.75, 3.05) is 41.0 Å². The fourth-order valence-corrected chi connectivity index (χ4v) is 6.39. The monoisotopic (exact) mass is 800 g/mol.